The summed E-state index contributed by atoms with van der Waals surface area (Å²) in [5.41, 5.74) is 0.951. The van der Waals surface area contributed by atoms with Gasteiger partial charge in [-0.05, 0) is 36.3 Å². The van der Waals surface area contributed by atoms with E-state index in [1.165, 1.54) is 18.2 Å². The molecule has 0 fully saturated rings. The Bertz CT molecular complexity index is 336. The van der Waals surface area contributed by atoms with Crippen molar-refractivity contribution in [3.05, 3.63) is 35.2 Å². The largest absolute Gasteiger partial charge is 0.508 e. The van der Waals surface area contributed by atoms with Gasteiger partial charge < -0.3 is 5.11 Å². The van der Waals surface area contributed by atoms with Crippen LogP contribution in [0.3, 0.4) is 0 Å². The molecular weight excluding hydrogens is 171 g/mol. The van der Waals surface area contributed by atoms with Gasteiger partial charge in [0.2, 0.25) is 0 Å². The molecule has 0 saturated heterocycles. The maximum atomic E-state index is 12.7. The van der Waals surface area contributed by atoms with Gasteiger partial charge in [-0.15, -0.1) is 0 Å². The molecule has 68 valence electrons. The summed E-state index contributed by atoms with van der Waals surface area (Å²) >= 11 is 0. The number of benzene rings is 1. The van der Waals surface area contributed by atoms with Crippen LogP contribution >= 0.6 is 0 Å². The third-order valence-electron chi connectivity index (χ3n) is 1.49. The number of phenols is 1. The molecule has 1 N–H and O–H groups in total. The highest BCUT2D eigenvalue weighted by Gasteiger charge is 1.97. The fourth-order valence-corrected chi connectivity index (χ4v) is 0.977. The van der Waals surface area contributed by atoms with Crippen LogP contribution in [0.2, 0.25) is 0 Å². The van der Waals surface area contributed by atoms with Crippen LogP contribution in [-0.4, -0.2) is 11.4 Å². The number of rotatable bonds is 2. The Labute approximate surface area is 75.3 Å². The van der Waals surface area contributed by atoms with Crippen molar-refractivity contribution in [2.45, 2.75) is 6.92 Å². The van der Waals surface area contributed by atoms with E-state index in [-0.39, 0.29) is 5.75 Å². The molecule has 0 saturated carbocycles. The molecule has 0 radical (unpaired) electrons. The lowest BCUT2D eigenvalue weighted by Crippen LogP contribution is -1.80. The van der Waals surface area contributed by atoms with Crippen molar-refractivity contribution < 1.29 is 14.3 Å². The van der Waals surface area contributed by atoms with Crippen LogP contribution in [-0.2, 0) is 4.79 Å². The Morgan fingerprint density at radius 2 is 2.15 bits per heavy atom. The standard InChI is InChI=1S/C10H9FO2/c1-7(6-12)2-8-3-9(11)5-10(13)4-8/h2-6,13H,1H3/b7-2-. The Morgan fingerprint density at radius 1 is 1.46 bits per heavy atom. The van der Waals surface area contributed by atoms with E-state index in [0.717, 1.165) is 6.07 Å². The Kier molecular flexibility index (Phi) is 2.80. The van der Waals surface area contributed by atoms with E-state index in [1.807, 2.05) is 0 Å². The van der Waals surface area contributed by atoms with Gasteiger partial charge in [-0.1, -0.05) is 0 Å². The monoisotopic (exact) mass is 180 g/mol. The summed E-state index contributed by atoms with van der Waals surface area (Å²) in [6.07, 6.45) is 2.16. The molecule has 3 heteroatoms. The average molecular weight is 180 g/mol. The van der Waals surface area contributed by atoms with E-state index in [9.17, 15) is 9.18 Å². The van der Waals surface area contributed by atoms with Gasteiger partial charge in [0, 0.05) is 6.07 Å². The predicted octanol–water partition coefficient (Wildman–Crippen LogP) is 2.13. The molecular formula is C10H9FO2. The highest BCUT2D eigenvalue weighted by molar-refractivity contribution is 5.80. The van der Waals surface area contributed by atoms with Crippen LogP contribution in [0.4, 0.5) is 4.39 Å². The Morgan fingerprint density at radius 3 is 2.69 bits per heavy atom. The van der Waals surface area contributed by atoms with E-state index >= 15 is 0 Å². The zero-order chi connectivity index (χ0) is 9.84. The predicted molar refractivity (Wildman–Crippen MR) is 47.8 cm³/mol. The summed E-state index contributed by atoms with van der Waals surface area (Å²) in [6, 6.07) is 3.64. The van der Waals surface area contributed by atoms with E-state index in [1.54, 1.807) is 6.92 Å². The van der Waals surface area contributed by atoms with E-state index < -0.39 is 5.82 Å². The Hall–Kier alpha value is -1.64. The van der Waals surface area contributed by atoms with Crippen molar-refractivity contribution in [1.82, 2.24) is 0 Å². The SMILES string of the molecule is C/C(C=O)=C/c1cc(O)cc(F)c1. The molecule has 0 bridgehead atoms. The van der Waals surface area contributed by atoms with Crippen molar-refractivity contribution in [3.8, 4) is 5.75 Å². The van der Waals surface area contributed by atoms with E-state index in [0.29, 0.717) is 17.4 Å². The van der Waals surface area contributed by atoms with Gasteiger partial charge in [0.05, 0.1) is 0 Å². The fraction of sp³-hybridized carbons (Fsp3) is 0.100. The van der Waals surface area contributed by atoms with E-state index in [4.69, 9.17) is 5.11 Å². The highest BCUT2D eigenvalue weighted by atomic mass is 19.1. The maximum absolute atomic E-state index is 12.7. The quantitative estimate of drug-likeness (QED) is 0.559. The summed E-state index contributed by atoms with van der Waals surface area (Å²) in [6.45, 7) is 1.61. The molecule has 0 heterocycles. The Balaban J connectivity index is 3.08. The van der Waals surface area contributed by atoms with Crippen LogP contribution in [0.25, 0.3) is 6.08 Å². The lowest BCUT2D eigenvalue weighted by atomic mass is 10.1. The van der Waals surface area contributed by atoms with Crippen LogP contribution in [0.5, 0.6) is 5.75 Å². The molecule has 2 nitrogen and oxygen atoms in total. The van der Waals surface area contributed by atoms with Crippen molar-refractivity contribution >= 4 is 12.4 Å². The molecule has 0 aliphatic rings. The second-order valence-corrected chi connectivity index (χ2v) is 2.75. The number of carbonyl (C=O) groups is 1. The van der Waals surface area contributed by atoms with Crippen LogP contribution in [0.1, 0.15) is 12.5 Å². The van der Waals surface area contributed by atoms with Crippen LogP contribution in [0.15, 0.2) is 23.8 Å². The van der Waals surface area contributed by atoms with Crippen LogP contribution in [0, 0.1) is 5.82 Å². The third kappa shape index (κ3) is 2.71. The van der Waals surface area contributed by atoms with Gasteiger partial charge >= 0.3 is 0 Å². The number of phenolic OH excluding ortho intramolecular Hbond substituents is 1. The number of allylic oxidation sites excluding steroid dienone is 1. The number of carbonyl (C=O) groups excluding carboxylic acids is 1. The molecule has 1 aromatic rings. The molecule has 0 aromatic heterocycles. The summed E-state index contributed by atoms with van der Waals surface area (Å²) in [5, 5.41) is 9.02. The molecule has 0 unspecified atom stereocenters. The van der Waals surface area contributed by atoms with Crippen LogP contribution < -0.4 is 0 Å². The maximum Gasteiger partial charge on any atom is 0.145 e. The molecule has 0 aliphatic heterocycles. The fourth-order valence-electron chi connectivity index (χ4n) is 0.977. The first-order valence-electron chi connectivity index (χ1n) is 3.75. The number of hydrogen-bond acceptors (Lipinski definition) is 2. The third-order valence-corrected chi connectivity index (χ3v) is 1.49. The lowest BCUT2D eigenvalue weighted by molar-refractivity contribution is -0.104. The summed E-state index contributed by atoms with van der Waals surface area (Å²) in [5.74, 6) is -0.671. The number of aldehydes is 1. The van der Waals surface area contributed by atoms with E-state index in [2.05, 4.69) is 0 Å². The van der Waals surface area contributed by atoms with Gasteiger partial charge in [0.1, 0.15) is 17.9 Å². The van der Waals surface area contributed by atoms with Gasteiger partial charge in [-0.3, -0.25) is 4.79 Å². The smallest absolute Gasteiger partial charge is 0.145 e. The second-order valence-electron chi connectivity index (χ2n) is 2.75. The van der Waals surface area contributed by atoms with Gasteiger partial charge in [0.25, 0.3) is 0 Å². The first kappa shape index (κ1) is 9.45. The van der Waals surface area contributed by atoms with Crippen molar-refractivity contribution in [3.63, 3.8) is 0 Å². The number of aromatic hydroxyl groups is 1. The minimum atomic E-state index is -0.523. The lowest BCUT2D eigenvalue weighted by Gasteiger charge is -1.96. The van der Waals surface area contributed by atoms with Gasteiger partial charge in [-0.25, -0.2) is 4.39 Å². The van der Waals surface area contributed by atoms with Gasteiger partial charge in [-0.2, -0.15) is 0 Å². The molecule has 1 rings (SSSR count). The summed E-state index contributed by atoms with van der Waals surface area (Å²) < 4.78 is 12.7. The molecule has 0 spiro atoms. The number of hydrogen-bond donors (Lipinski definition) is 1. The zero-order valence-electron chi connectivity index (χ0n) is 7.12. The first-order chi connectivity index (χ1) is 6.11. The van der Waals surface area contributed by atoms with Gasteiger partial charge in [0.15, 0.2) is 0 Å². The first-order valence-corrected chi connectivity index (χ1v) is 3.75. The second kappa shape index (κ2) is 3.85. The zero-order valence-corrected chi connectivity index (χ0v) is 7.12. The topological polar surface area (TPSA) is 37.3 Å². The normalized spacial score (nSPS) is 11.4. The molecule has 13 heavy (non-hydrogen) atoms. The average Bonchev–Trinajstić information content (AvgIpc) is 2.02. The van der Waals surface area contributed by atoms with Crippen molar-refractivity contribution in [2.75, 3.05) is 0 Å². The minimum absolute atomic E-state index is 0.148. The molecule has 0 aliphatic carbocycles. The molecule has 1 aromatic carbocycles. The summed E-state index contributed by atoms with van der Waals surface area (Å²) in [7, 11) is 0. The minimum Gasteiger partial charge on any atom is -0.508 e. The highest BCUT2D eigenvalue weighted by Crippen LogP contribution is 2.16. The van der Waals surface area contributed by atoms with Crippen molar-refractivity contribution in [2.24, 2.45) is 0 Å². The number of halogens is 1. The molecule has 0 atom stereocenters. The summed E-state index contributed by atoms with van der Waals surface area (Å²) in [4.78, 5) is 10.3. The van der Waals surface area contributed by atoms with Crippen molar-refractivity contribution in [1.29, 1.82) is 0 Å². The molecule has 0 amide bonds.